The first-order chi connectivity index (χ1) is 13.2. The molecule has 28 heavy (non-hydrogen) atoms. The van der Waals surface area contributed by atoms with E-state index < -0.39 is 0 Å². The fourth-order valence-electron chi connectivity index (χ4n) is 7.96. The molecule has 2 bridgehead atoms. The number of hydrogen-bond acceptors (Lipinski definition) is 4. The van der Waals surface area contributed by atoms with E-state index in [1.54, 1.807) is 0 Å². The van der Waals surface area contributed by atoms with Crippen molar-refractivity contribution in [2.45, 2.75) is 79.1 Å². The number of esters is 2. The first-order valence-corrected chi connectivity index (χ1v) is 11.2. The molecule has 4 aliphatic rings. The number of rotatable bonds is 4. The fourth-order valence-corrected chi connectivity index (χ4v) is 7.96. The normalized spacial score (nSPS) is 44.1. The molecule has 0 aliphatic heterocycles. The summed E-state index contributed by atoms with van der Waals surface area (Å²) in [7, 11) is 0. The van der Waals surface area contributed by atoms with Gasteiger partial charge in [-0.3, -0.25) is 9.59 Å². The van der Waals surface area contributed by atoms with Crippen molar-refractivity contribution in [3.05, 3.63) is 11.6 Å². The Balaban J connectivity index is 1.63. The minimum absolute atomic E-state index is 0.0954. The molecule has 4 aliphatic carbocycles. The van der Waals surface area contributed by atoms with Gasteiger partial charge < -0.3 is 9.47 Å². The van der Waals surface area contributed by atoms with Gasteiger partial charge in [0.25, 0.3) is 0 Å². The smallest absolute Gasteiger partial charge is 0.302 e. The Morgan fingerprint density at radius 3 is 2.50 bits per heavy atom. The summed E-state index contributed by atoms with van der Waals surface area (Å²) in [5.74, 6) is 1.46. The Kier molecular flexibility index (Phi) is 4.91. The molecule has 3 fully saturated rings. The third-order valence-corrected chi connectivity index (χ3v) is 9.20. The van der Waals surface area contributed by atoms with Gasteiger partial charge in [0.2, 0.25) is 0 Å². The van der Waals surface area contributed by atoms with Crippen LogP contribution in [0.2, 0.25) is 0 Å². The van der Waals surface area contributed by atoms with Crippen molar-refractivity contribution in [2.75, 3.05) is 13.2 Å². The second-order valence-corrected chi connectivity index (χ2v) is 10.6. The molecule has 0 aromatic carbocycles. The second kappa shape index (κ2) is 6.88. The Morgan fingerprint density at radius 1 is 1.04 bits per heavy atom. The van der Waals surface area contributed by atoms with Crippen LogP contribution >= 0.6 is 0 Å². The summed E-state index contributed by atoms with van der Waals surface area (Å²) in [5, 5.41) is 0. The van der Waals surface area contributed by atoms with E-state index >= 15 is 0 Å². The molecule has 0 N–H and O–H groups in total. The Hall–Kier alpha value is -1.32. The third kappa shape index (κ3) is 2.93. The summed E-state index contributed by atoms with van der Waals surface area (Å²) in [6.45, 7) is 9.01. The first kappa shape index (κ1) is 20.0. The molecule has 0 radical (unpaired) electrons. The maximum atomic E-state index is 11.5. The van der Waals surface area contributed by atoms with Crippen molar-refractivity contribution in [1.29, 1.82) is 0 Å². The topological polar surface area (TPSA) is 52.6 Å². The van der Waals surface area contributed by atoms with E-state index in [9.17, 15) is 9.59 Å². The van der Waals surface area contributed by atoms with Gasteiger partial charge in [0.1, 0.15) is 6.61 Å². The fraction of sp³-hybridized carbons (Fsp3) is 0.833. The zero-order valence-corrected chi connectivity index (χ0v) is 18.0. The summed E-state index contributed by atoms with van der Waals surface area (Å²) in [6.07, 6.45) is 12.4. The van der Waals surface area contributed by atoms with Crippen LogP contribution in [0.3, 0.4) is 0 Å². The van der Waals surface area contributed by atoms with E-state index in [2.05, 4.69) is 19.9 Å². The average Bonchev–Trinajstić information content (AvgIpc) is 3.01. The SMILES string of the molecule is CC(=O)OCC1=CC2CCC3[C@@](C)(COC(C)=O)CCC[C@@]3(C)[C@]23CC[C@H]1C3. The zero-order valence-electron chi connectivity index (χ0n) is 18.0. The second-order valence-electron chi connectivity index (χ2n) is 10.6. The van der Waals surface area contributed by atoms with Crippen LogP contribution < -0.4 is 0 Å². The van der Waals surface area contributed by atoms with Gasteiger partial charge in [0.05, 0.1) is 6.61 Å². The van der Waals surface area contributed by atoms with Crippen LogP contribution in [0.25, 0.3) is 0 Å². The maximum absolute atomic E-state index is 11.5. The molecule has 6 atom stereocenters. The molecule has 1 spiro atoms. The Labute approximate surface area is 169 Å². The van der Waals surface area contributed by atoms with Gasteiger partial charge in [-0.1, -0.05) is 26.3 Å². The number of carbonyl (C=O) groups excluding carboxylic acids is 2. The van der Waals surface area contributed by atoms with Gasteiger partial charge in [-0.2, -0.15) is 0 Å². The average molecular weight is 389 g/mol. The highest BCUT2D eigenvalue weighted by Crippen LogP contribution is 2.73. The molecule has 0 aromatic heterocycles. The zero-order chi connectivity index (χ0) is 20.2. The molecule has 2 unspecified atom stereocenters. The number of hydrogen-bond donors (Lipinski definition) is 0. The van der Waals surface area contributed by atoms with E-state index in [-0.39, 0.29) is 17.4 Å². The molecule has 0 aromatic rings. The Bertz CT molecular complexity index is 697. The lowest BCUT2D eigenvalue weighted by Crippen LogP contribution is -2.59. The van der Waals surface area contributed by atoms with Gasteiger partial charge in [-0.25, -0.2) is 0 Å². The molecule has 156 valence electrons. The van der Waals surface area contributed by atoms with Crippen molar-refractivity contribution in [3.63, 3.8) is 0 Å². The van der Waals surface area contributed by atoms with E-state index in [1.807, 2.05) is 0 Å². The lowest BCUT2D eigenvalue weighted by atomic mass is 9.39. The number of ether oxygens (including phenoxy) is 2. The number of allylic oxidation sites excluding steroid dienone is 1. The summed E-state index contributed by atoms with van der Waals surface area (Å²) in [5.41, 5.74) is 2.14. The lowest BCUT2D eigenvalue weighted by molar-refractivity contribution is -0.177. The first-order valence-electron chi connectivity index (χ1n) is 11.2. The monoisotopic (exact) mass is 388 g/mol. The van der Waals surface area contributed by atoms with Crippen LogP contribution in [0.15, 0.2) is 11.6 Å². The summed E-state index contributed by atoms with van der Waals surface area (Å²) >= 11 is 0. The van der Waals surface area contributed by atoms with Crippen LogP contribution in [0.5, 0.6) is 0 Å². The van der Waals surface area contributed by atoms with E-state index in [0.29, 0.717) is 41.8 Å². The van der Waals surface area contributed by atoms with Crippen LogP contribution in [-0.4, -0.2) is 25.2 Å². The minimum Gasteiger partial charge on any atom is -0.465 e. The standard InChI is InChI=1S/C24H36O4/c1-16(25)27-14-19-12-20-6-7-21-22(3,15-28-17(2)26)9-5-10-23(21,4)24(20)11-8-18(19)13-24/h12,18,20-21H,5-11,13-15H2,1-4H3/t18-,20?,21?,22+,23+,24-/m0/s1. The molecular formula is C24H36O4. The highest BCUT2D eigenvalue weighted by atomic mass is 16.5. The van der Waals surface area contributed by atoms with Gasteiger partial charge in [-0.15, -0.1) is 0 Å². The highest BCUT2D eigenvalue weighted by molar-refractivity contribution is 5.66. The van der Waals surface area contributed by atoms with E-state index in [0.717, 1.165) is 6.42 Å². The molecule has 4 heteroatoms. The summed E-state index contributed by atoms with van der Waals surface area (Å²) in [4.78, 5) is 22.8. The van der Waals surface area contributed by atoms with Gasteiger partial charge >= 0.3 is 11.9 Å². The third-order valence-electron chi connectivity index (χ3n) is 9.20. The van der Waals surface area contributed by atoms with Crippen LogP contribution in [-0.2, 0) is 19.1 Å². The molecule has 0 saturated heterocycles. The predicted octanol–water partition coefficient (Wildman–Crippen LogP) is 5.06. The van der Waals surface area contributed by atoms with E-state index in [4.69, 9.17) is 9.47 Å². The van der Waals surface area contributed by atoms with Crippen LogP contribution in [0.4, 0.5) is 0 Å². The van der Waals surface area contributed by atoms with Crippen LogP contribution in [0.1, 0.15) is 79.1 Å². The molecule has 0 heterocycles. The molecule has 3 saturated carbocycles. The minimum atomic E-state index is -0.181. The predicted molar refractivity (Wildman–Crippen MR) is 107 cm³/mol. The van der Waals surface area contributed by atoms with Crippen molar-refractivity contribution >= 4 is 11.9 Å². The molecular weight excluding hydrogens is 352 g/mol. The number of carbonyl (C=O) groups is 2. The van der Waals surface area contributed by atoms with Crippen LogP contribution in [0, 0.1) is 34.0 Å². The summed E-state index contributed by atoms with van der Waals surface area (Å²) < 4.78 is 10.9. The summed E-state index contributed by atoms with van der Waals surface area (Å²) in [6, 6.07) is 0. The van der Waals surface area contributed by atoms with Gasteiger partial charge in [0.15, 0.2) is 0 Å². The van der Waals surface area contributed by atoms with E-state index in [1.165, 1.54) is 64.4 Å². The lowest BCUT2D eigenvalue weighted by Gasteiger charge is -2.65. The number of fused-ring (bicyclic) bond motifs is 2. The largest absolute Gasteiger partial charge is 0.465 e. The van der Waals surface area contributed by atoms with Crippen molar-refractivity contribution < 1.29 is 19.1 Å². The highest BCUT2D eigenvalue weighted by Gasteiger charge is 2.66. The van der Waals surface area contributed by atoms with Crippen molar-refractivity contribution in [2.24, 2.45) is 34.0 Å². The van der Waals surface area contributed by atoms with Crippen molar-refractivity contribution in [1.82, 2.24) is 0 Å². The quantitative estimate of drug-likeness (QED) is 0.499. The molecule has 4 rings (SSSR count). The molecule has 0 amide bonds. The Morgan fingerprint density at radius 2 is 1.79 bits per heavy atom. The van der Waals surface area contributed by atoms with Gasteiger partial charge in [-0.05, 0) is 79.1 Å². The molecule has 4 nitrogen and oxygen atoms in total. The van der Waals surface area contributed by atoms with Crippen molar-refractivity contribution in [3.8, 4) is 0 Å². The van der Waals surface area contributed by atoms with Gasteiger partial charge in [0, 0.05) is 19.3 Å². The maximum Gasteiger partial charge on any atom is 0.302 e.